The van der Waals surface area contributed by atoms with Gasteiger partial charge in [-0.1, -0.05) is 12.1 Å². The first-order valence-corrected chi connectivity index (χ1v) is 14.1. The lowest BCUT2D eigenvalue weighted by Crippen LogP contribution is -2.49. The number of piperidine rings is 2. The molecule has 0 unspecified atom stereocenters. The van der Waals surface area contributed by atoms with Crippen molar-refractivity contribution in [2.24, 2.45) is 0 Å². The van der Waals surface area contributed by atoms with E-state index in [9.17, 15) is 9.59 Å². The van der Waals surface area contributed by atoms with Gasteiger partial charge in [0.2, 0.25) is 0 Å². The van der Waals surface area contributed by atoms with Crippen molar-refractivity contribution in [2.75, 3.05) is 43.4 Å². The Labute approximate surface area is 232 Å². The second-order valence-electron chi connectivity index (χ2n) is 11.1. The first-order chi connectivity index (χ1) is 19.6. The van der Waals surface area contributed by atoms with Gasteiger partial charge >= 0.3 is 0 Å². The highest BCUT2D eigenvalue weighted by molar-refractivity contribution is 6.05. The minimum Gasteiger partial charge on any atom is -0.486 e. The van der Waals surface area contributed by atoms with E-state index in [0.29, 0.717) is 41.6 Å². The number of benzene rings is 1. The molecule has 4 aliphatic rings. The minimum absolute atomic E-state index is 0.137. The molecule has 206 valence electrons. The van der Waals surface area contributed by atoms with Gasteiger partial charge in [0.25, 0.3) is 5.91 Å². The van der Waals surface area contributed by atoms with Crippen LogP contribution in [0.4, 0.5) is 11.5 Å². The number of hydrogen-bond acceptors (Lipinski definition) is 8. The van der Waals surface area contributed by atoms with Gasteiger partial charge in [0, 0.05) is 37.3 Å². The summed E-state index contributed by atoms with van der Waals surface area (Å²) in [7, 11) is 0. The van der Waals surface area contributed by atoms with E-state index in [4.69, 9.17) is 4.74 Å². The summed E-state index contributed by atoms with van der Waals surface area (Å²) in [4.78, 5) is 30.8. The maximum atomic E-state index is 13.2. The van der Waals surface area contributed by atoms with Crippen LogP contribution in [0.25, 0.3) is 5.57 Å². The molecule has 7 rings (SSSR count). The number of Topliss-reactive ketones (excluding diaryl/α,β-unsaturated/α-hetero) is 1. The summed E-state index contributed by atoms with van der Waals surface area (Å²) in [5, 5.41) is 17.5. The zero-order valence-corrected chi connectivity index (χ0v) is 22.3. The quantitative estimate of drug-likeness (QED) is 0.398. The maximum Gasteiger partial charge on any atom is 0.257 e. The Morgan fingerprint density at radius 2 is 1.88 bits per heavy atom. The first kappa shape index (κ1) is 25.0. The molecule has 2 aromatic heterocycles. The number of nitrogens with one attached hydrogen (secondary N) is 4. The summed E-state index contributed by atoms with van der Waals surface area (Å²) in [5.41, 5.74) is 4.06. The largest absolute Gasteiger partial charge is 0.486 e. The highest BCUT2D eigenvalue weighted by Gasteiger charge is 2.41. The molecule has 0 bridgehead atoms. The lowest BCUT2D eigenvalue weighted by Gasteiger charge is -2.41. The van der Waals surface area contributed by atoms with Gasteiger partial charge in [-0.25, -0.2) is 4.98 Å². The van der Waals surface area contributed by atoms with Gasteiger partial charge in [0.05, 0.1) is 35.5 Å². The number of aromatic nitrogens is 3. The van der Waals surface area contributed by atoms with Crippen molar-refractivity contribution in [1.82, 2.24) is 25.4 Å². The number of hydrogen-bond donors (Lipinski definition) is 4. The zero-order chi connectivity index (χ0) is 27.1. The van der Waals surface area contributed by atoms with Crippen LogP contribution in [0, 0.1) is 0 Å². The second kappa shape index (κ2) is 10.2. The SMILES string of the molecule is O=C(Nc1cnn(C2CCNCC2)c1)c1cnc2c(c1)C(c1ccc3c(c1)OC1(CCNCC1)CC3=O)=CCN2. The van der Waals surface area contributed by atoms with Gasteiger partial charge in [-0.05, 0) is 68.4 Å². The van der Waals surface area contributed by atoms with Gasteiger partial charge in [0.1, 0.15) is 17.2 Å². The Bertz CT molecular complexity index is 1500. The van der Waals surface area contributed by atoms with E-state index in [-0.39, 0.29) is 11.7 Å². The number of pyridine rings is 1. The first-order valence-electron chi connectivity index (χ1n) is 14.1. The van der Waals surface area contributed by atoms with E-state index >= 15 is 0 Å². The van der Waals surface area contributed by atoms with E-state index < -0.39 is 5.60 Å². The Morgan fingerprint density at radius 3 is 2.73 bits per heavy atom. The zero-order valence-electron chi connectivity index (χ0n) is 22.3. The fraction of sp³-hybridized carbons (Fsp3) is 0.400. The third-order valence-electron chi connectivity index (χ3n) is 8.47. The van der Waals surface area contributed by atoms with E-state index in [1.54, 1.807) is 12.4 Å². The molecule has 10 nitrogen and oxygen atoms in total. The highest BCUT2D eigenvalue weighted by atomic mass is 16.5. The predicted molar refractivity (Wildman–Crippen MR) is 152 cm³/mol. The molecule has 0 radical (unpaired) electrons. The van der Waals surface area contributed by atoms with E-state index in [0.717, 1.165) is 74.4 Å². The van der Waals surface area contributed by atoms with Crippen LogP contribution in [0.5, 0.6) is 5.75 Å². The molecule has 1 amide bonds. The van der Waals surface area contributed by atoms with Gasteiger partial charge in [-0.15, -0.1) is 0 Å². The van der Waals surface area contributed by atoms with Crippen LogP contribution < -0.4 is 26.0 Å². The number of carbonyl (C=O) groups excluding carboxylic acids is 2. The molecule has 1 aromatic carbocycles. The Balaban J connectivity index is 1.14. The molecule has 10 heteroatoms. The molecule has 4 N–H and O–H groups in total. The topological polar surface area (TPSA) is 122 Å². The molecular weight excluding hydrogens is 506 g/mol. The summed E-state index contributed by atoms with van der Waals surface area (Å²) in [6.07, 6.45) is 11.4. The standard InChI is InChI=1S/C30H33N7O3/c38-26-15-30(6-11-32-12-7-30)40-27-14-19(1-2-24(26)27)23-5-10-33-28-25(23)13-20(16-34-28)29(39)36-21-17-35-37(18-21)22-3-8-31-9-4-22/h1-2,5,13-14,16-18,22,31-32H,3-4,6-12,15H2,(H,33,34)(H,36,39). The molecule has 0 atom stereocenters. The van der Waals surface area contributed by atoms with Crippen LogP contribution in [0.1, 0.15) is 70.0 Å². The molecule has 2 saturated heterocycles. The lowest BCUT2D eigenvalue weighted by atomic mass is 9.82. The van der Waals surface area contributed by atoms with E-state index in [1.165, 1.54) is 0 Å². The van der Waals surface area contributed by atoms with Crippen molar-refractivity contribution in [3.63, 3.8) is 0 Å². The highest BCUT2D eigenvalue weighted by Crippen LogP contribution is 2.41. The van der Waals surface area contributed by atoms with Crippen molar-refractivity contribution in [1.29, 1.82) is 0 Å². The molecule has 1 spiro atoms. The Hall–Kier alpha value is -4.02. The molecule has 40 heavy (non-hydrogen) atoms. The van der Waals surface area contributed by atoms with Crippen LogP contribution in [0.2, 0.25) is 0 Å². The fourth-order valence-corrected chi connectivity index (χ4v) is 6.27. The number of carbonyl (C=O) groups is 2. The van der Waals surface area contributed by atoms with Crippen LogP contribution in [-0.4, -0.2) is 64.8 Å². The summed E-state index contributed by atoms with van der Waals surface area (Å²) < 4.78 is 8.48. The molecule has 4 aliphatic heterocycles. The molecule has 3 aromatic rings. The van der Waals surface area contributed by atoms with Gasteiger partial charge in [-0.2, -0.15) is 5.10 Å². The average Bonchev–Trinajstić information content (AvgIpc) is 3.45. The van der Waals surface area contributed by atoms with E-state index in [2.05, 4.69) is 37.4 Å². The van der Waals surface area contributed by atoms with Crippen molar-refractivity contribution in [3.05, 3.63) is 71.2 Å². The summed E-state index contributed by atoms with van der Waals surface area (Å²) >= 11 is 0. The maximum absolute atomic E-state index is 13.2. The third kappa shape index (κ3) is 4.67. The summed E-state index contributed by atoms with van der Waals surface area (Å²) in [6, 6.07) is 8.01. The van der Waals surface area contributed by atoms with Crippen LogP contribution in [0.3, 0.4) is 0 Å². The number of fused-ring (bicyclic) bond motifs is 2. The minimum atomic E-state index is -0.428. The van der Waals surface area contributed by atoms with Crippen molar-refractivity contribution < 1.29 is 14.3 Å². The molecule has 0 saturated carbocycles. The van der Waals surface area contributed by atoms with Crippen molar-refractivity contribution in [2.45, 2.75) is 43.7 Å². The molecular formula is C30H33N7O3. The predicted octanol–water partition coefficient (Wildman–Crippen LogP) is 3.40. The van der Waals surface area contributed by atoms with Crippen LogP contribution in [-0.2, 0) is 0 Å². The molecule has 2 fully saturated rings. The van der Waals surface area contributed by atoms with Gasteiger partial charge in [0.15, 0.2) is 5.78 Å². The Morgan fingerprint density at radius 1 is 1.05 bits per heavy atom. The number of rotatable bonds is 4. The normalized spacial score (nSPS) is 20.1. The van der Waals surface area contributed by atoms with Crippen molar-refractivity contribution >= 4 is 28.8 Å². The smallest absolute Gasteiger partial charge is 0.257 e. The fourth-order valence-electron chi connectivity index (χ4n) is 6.27. The van der Waals surface area contributed by atoms with E-state index in [1.807, 2.05) is 35.1 Å². The average molecular weight is 540 g/mol. The van der Waals surface area contributed by atoms with Gasteiger partial charge in [-0.3, -0.25) is 14.3 Å². The van der Waals surface area contributed by atoms with Crippen molar-refractivity contribution in [3.8, 4) is 5.75 Å². The van der Waals surface area contributed by atoms with Gasteiger partial charge < -0.3 is 26.0 Å². The second-order valence-corrected chi connectivity index (χ2v) is 11.1. The van der Waals surface area contributed by atoms with Crippen LogP contribution in [0.15, 0.2) is 48.9 Å². The Kier molecular flexibility index (Phi) is 6.36. The monoisotopic (exact) mass is 539 g/mol. The number of ketones is 1. The number of amides is 1. The number of anilines is 2. The van der Waals surface area contributed by atoms with Crippen LogP contribution >= 0.6 is 0 Å². The lowest BCUT2D eigenvalue weighted by molar-refractivity contribution is 0.0187. The third-order valence-corrected chi connectivity index (χ3v) is 8.47. The molecule has 6 heterocycles. The molecule has 0 aliphatic carbocycles. The summed E-state index contributed by atoms with van der Waals surface area (Å²) in [5.74, 6) is 1.26. The summed E-state index contributed by atoms with van der Waals surface area (Å²) in [6.45, 7) is 4.26. The number of nitrogens with zero attached hydrogens (tertiary/aromatic N) is 3. The number of ether oxygens (including phenoxy) is 1.